The highest BCUT2D eigenvalue weighted by atomic mass is 32.2. The third kappa shape index (κ3) is 4.87. The van der Waals surface area contributed by atoms with Gasteiger partial charge in [-0.1, -0.05) is 29.4 Å². The van der Waals surface area contributed by atoms with Gasteiger partial charge in [0.25, 0.3) is 5.91 Å². The van der Waals surface area contributed by atoms with Gasteiger partial charge < -0.3 is 15.6 Å². The lowest BCUT2D eigenvalue weighted by atomic mass is 10.0. The van der Waals surface area contributed by atoms with Gasteiger partial charge in [-0.25, -0.2) is 22.2 Å². The van der Waals surface area contributed by atoms with E-state index in [1.807, 2.05) is 0 Å². The number of alkyl halides is 3. The van der Waals surface area contributed by atoms with Crippen LogP contribution in [-0.2, 0) is 16.2 Å². The van der Waals surface area contributed by atoms with Crippen molar-refractivity contribution in [3.8, 4) is 16.8 Å². The third-order valence-corrected chi connectivity index (χ3v) is 7.40. The van der Waals surface area contributed by atoms with Gasteiger partial charge in [0.15, 0.2) is 17.1 Å². The first-order valence-corrected chi connectivity index (χ1v) is 12.8. The Morgan fingerprint density at radius 1 is 1.05 bits per heavy atom. The van der Waals surface area contributed by atoms with Crippen molar-refractivity contribution in [3.05, 3.63) is 83.9 Å². The van der Waals surface area contributed by atoms with Crippen LogP contribution in [0.1, 0.15) is 16.2 Å². The smallest absolute Gasteiger partial charge is 0.380 e. The van der Waals surface area contributed by atoms with Crippen LogP contribution in [-0.4, -0.2) is 36.3 Å². The van der Waals surface area contributed by atoms with Gasteiger partial charge in [-0.15, -0.1) is 0 Å². The van der Waals surface area contributed by atoms with E-state index in [1.54, 1.807) is 6.07 Å². The number of fused-ring (bicyclic) bond motifs is 1. The first-order chi connectivity index (χ1) is 18.9. The molecule has 0 unspecified atom stereocenters. The van der Waals surface area contributed by atoms with Crippen LogP contribution in [0.4, 0.5) is 29.1 Å². The summed E-state index contributed by atoms with van der Waals surface area (Å²) in [5.41, 5.74) is 4.18. The zero-order valence-electron chi connectivity index (χ0n) is 20.3. The molecule has 4 N–H and O–H groups in total. The molecule has 0 radical (unpaired) electrons. The number of nitrogens with one attached hydrogen (secondary N) is 2. The summed E-state index contributed by atoms with van der Waals surface area (Å²) in [4.78, 5) is 13.0. The van der Waals surface area contributed by atoms with Crippen molar-refractivity contribution < 1.29 is 35.3 Å². The Morgan fingerprint density at radius 2 is 1.80 bits per heavy atom. The second-order valence-electron chi connectivity index (χ2n) is 8.43. The maximum Gasteiger partial charge on any atom is 0.435 e. The van der Waals surface area contributed by atoms with Crippen LogP contribution in [0.3, 0.4) is 0 Å². The second-order valence-corrected chi connectivity index (χ2v) is 10.3. The predicted molar refractivity (Wildman–Crippen MR) is 137 cm³/mol. The number of rotatable bonds is 6. The molecular formula is C25H18F4N6O4S. The van der Waals surface area contributed by atoms with E-state index in [0.29, 0.717) is 6.07 Å². The zero-order chi connectivity index (χ0) is 28.8. The van der Waals surface area contributed by atoms with Gasteiger partial charge in [0.05, 0.1) is 21.7 Å². The molecule has 40 heavy (non-hydrogen) atoms. The number of nitrogens with two attached hydrogens (primary N) is 1. The molecule has 3 aromatic carbocycles. The number of carbonyl (C=O) groups is 1. The van der Waals surface area contributed by atoms with Crippen LogP contribution in [0.5, 0.6) is 0 Å². The van der Waals surface area contributed by atoms with Crippen LogP contribution in [0.25, 0.3) is 27.8 Å². The lowest BCUT2D eigenvalue weighted by molar-refractivity contribution is -0.141. The summed E-state index contributed by atoms with van der Waals surface area (Å²) < 4.78 is 88.3. The maximum atomic E-state index is 15.1. The molecule has 5 aromatic rings. The molecule has 0 fully saturated rings. The normalized spacial score (nSPS) is 12.1. The van der Waals surface area contributed by atoms with E-state index in [2.05, 4.69) is 20.3 Å². The fraction of sp³-hybridized carbons (Fsp3) is 0.0800. The molecule has 2 aromatic heterocycles. The monoisotopic (exact) mass is 574 g/mol. The largest absolute Gasteiger partial charge is 0.435 e. The Morgan fingerprint density at radius 3 is 2.50 bits per heavy atom. The molecule has 5 rings (SSSR count). The molecular weight excluding hydrogens is 556 g/mol. The topological polar surface area (TPSA) is 145 Å². The Bertz CT molecular complexity index is 1880. The van der Waals surface area contributed by atoms with Crippen molar-refractivity contribution in [2.45, 2.75) is 11.1 Å². The highest BCUT2D eigenvalue weighted by Gasteiger charge is 2.36. The Labute approximate surface area is 223 Å². The fourth-order valence-electron chi connectivity index (χ4n) is 3.97. The molecule has 0 atom stereocenters. The van der Waals surface area contributed by atoms with Gasteiger partial charge in [-0.2, -0.15) is 18.3 Å². The molecule has 0 saturated carbocycles. The summed E-state index contributed by atoms with van der Waals surface area (Å²) in [6.07, 6.45) is -4.88. The van der Waals surface area contributed by atoms with Crippen LogP contribution >= 0.6 is 0 Å². The predicted octanol–water partition coefficient (Wildman–Crippen LogP) is 4.58. The van der Waals surface area contributed by atoms with E-state index in [0.717, 1.165) is 10.7 Å². The summed E-state index contributed by atoms with van der Waals surface area (Å²) in [5, 5.41) is 9.66. The molecule has 0 spiro atoms. The van der Waals surface area contributed by atoms with E-state index in [4.69, 9.17) is 10.3 Å². The highest BCUT2D eigenvalue weighted by Crippen LogP contribution is 2.32. The zero-order valence-corrected chi connectivity index (χ0v) is 21.1. The lowest BCUT2D eigenvalue weighted by Crippen LogP contribution is -2.19. The van der Waals surface area contributed by atoms with Crippen LogP contribution < -0.4 is 15.8 Å². The second kappa shape index (κ2) is 9.77. The van der Waals surface area contributed by atoms with Crippen molar-refractivity contribution in [2.24, 2.45) is 0 Å². The van der Waals surface area contributed by atoms with Gasteiger partial charge in [0, 0.05) is 11.6 Å². The summed E-state index contributed by atoms with van der Waals surface area (Å²) in [6, 6.07) is 14.1. The van der Waals surface area contributed by atoms with Crippen molar-refractivity contribution in [1.29, 1.82) is 0 Å². The number of carbonyl (C=O) groups excluding carboxylic acids is 1. The molecule has 206 valence electrons. The lowest BCUT2D eigenvalue weighted by Gasteiger charge is -2.12. The van der Waals surface area contributed by atoms with Crippen LogP contribution in [0, 0.1) is 5.82 Å². The van der Waals surface area contributed by atoms with Crippen LogP contribution in [0.2, 0.25) is 0 Å². The minimum Gasteiger partial charge on any atom is -0.380 e. The summed E-state index contributed by atoms with van der Waals surface area (Å²) >= 11 is 0. The molecule has 0 bridgehead atoms. The molecule has 0 aliphatic rings. The number of halogens is 4. The first-order valence-electron chi connectivity index (χ1n) is 11.4. The van der Waals surface area contributed by atoms with E-state index < -0.39 is 39.3 Å². The number of sulfonamides is 1. The molecule has 1 amide bonds. The van der Waals surface area contributed by atoms with Crippen molar-refractivity contribution in [3.63, 3.8) is 0 Å². The Kier molecular flexibility index (Phi) is 6.55. The maximum absolute atomic E-state index is 15.1. The summed E-state index contributed by atoms with van der Waals surface area (Å²) in [7, 11) is -2.63. The molecule has 10 nitrogen and oxygen atoms in total. The van der Waals surface area contributed by atoms with Crippen molar-refractivity contribution in [1.82, 2.24) is 19.7 Å². The molecule has 15 heteroatoms. The van der Waals surface area contributed by atoms with E-state index >= 15 is 4.39 Å². The number of amides is 1. The number of hydrogen-bond donors (Lipinski definition) is 3. The quantitative estimate of drug-likeness (QED) is 0.252. The number of nitrogen functional groups attached to an aromatic ring is 1. The SMILES string of the molecule is CNS(=O)(=O)c1ccccc1-c1ccc(NC(=O)c2cc(C(F)(F)F)nn2-c2ccc3onc(N)c3c2)c(F)c1. The number of nitrogens with zero attached hydrogens (tertiary/aromatic N) is 3. The van der Waals surface area contributed by atoms with Gasteiger partial charge in [-0.05, 0) is 49.0 Å². The fourth-order valence-corrected chi connectivity index (χ4v) is 4.93. The van der Waals surface area contributed by atoms with Crippen molar-refractivity contribution >= 4 is 38.4 Å². The standard InChI is InChI=1S/C25H18F4N6O4S/c1-31-40(37,38)21-5-3-2-4-15(21)13-6-8-18(17(26)10-13)32-24(36)19-12-22(25(27,28)29)33-35(19)14-7-9-20-16(11-14)23(30)34-39-20/h2-12,31H,1H3,(H2,30,34)(H,32,36). The van der Waals surface area contributed by atoms with Crippen LogP contribution in [0.15, 0.2) is 76.1 Å². The average Bonchev–Trinajstić information content (AvgIpc) is 3.54. The third-order valence-electron chi connectivity index (χ3n) is 5.93. The molecule has 0 aliphatic carbocycles. The van der Waals surface area contributed by atoms with Crippen molar-refractivity contribution in [2.75, 3.05) is 18.1 Å². The summed E-state index contributed by atoms with van der Waals surface area (Å²) in [6.45, 7) is 0. The minimum absolute atomic E-state index is 0.0164. The number of aromatic nitrogens is 3. The number of hydrogen-bond acceptors (Lipinski definition) is 7. The number of anilines is 2. The highest BCUT2D eigenvalue weighted by molar-refractivity contribution is 7.89. The Balaban J connectivity index is 1.51. The van der Waals surface area contributed by atoms with Gasteiger partial charge in [0.1, 0.15) is 11.5 Å². The minimum atomic E-state index is -4.88. The average molecular weight is 575 g/mol. The van der Waals surface area contributed by atoms with E-state index in [-0.39, 0.29) is 44.2 Å². The van der Waals surface area contributed by atoms with E-state index in [9.17, 15) is 26.4 Å². The molecule has 0 aliphatic heterocycles. The van der Waals surface area contributed by atoms with E-state index in [1.165, 1.54) is 55.6 Å². The Hall–Kier alpha value is -4.76. The molecule has 2 heterocycles. The van der Waals surface area contributed by atoms with Gasteiger partial charge >= 0.3 is 6.18 Å². The first kappa shape index (κ1) is 26.8. The molecule has 0 saturated heterocycles. The van der Waals surface area contributed by atoms with Gasteiger partial charge in [-0.3, -0.25) is 4.79 Å². The number of benzene rings is 3. The summed E-state index contributed by atoms with van der Waals surface area (Å²) in [5.74, 6) is -2.06. The van der Waals surface area contributed by atoms with Gasteiger partial charge in [0.2, 0.25) is 10.0 Å².